The molecule has 0 aliphatic rings. The van der Waals surface area contributed by atoms with E-state index < -0.39 is 0 Å². The fourth-order valence-electron chi connectivity index (χ4n) is 1.59. The van der Waals surface area contributed by atoms with Crippen LogP contribution < -0.4 is 5.32 Å². The van der Waals surface area contributed by atoms with Gasteiger partial charge in [-0.05, 0) is 18.6 Å². The van der Waals surface area contributed by atoms with Crippen molar-refractivity contribution in [2.45, 2.75) is 13.3 Å². The number of aromatic nitrogens is 2. The maximum absolute atomic E-state index is 4.48. The first-order chi connectivity index (χ1) is 6.76. The first kappa shape index (κ1) is 9.52. The molecule has 1 N–H and O–H groups in total. The average molecular weight is 254 g/mol. The second-order valence-electron chi connectivity index (χ2n) is 3.10. The van der Waals surface area contributed by atoms with Gasteiger partial charge in [-0.3, -0.25) is 0 Å². The number of halogens is 1. The number of pyridine rings is 1. The molecule has 14 heavy (non-hydrogen) atoms. The summed E-state index contributed by atoms with van der Waals surface area (Å²) in [5.41, 5.74) is 3.33. The molecule has 0 radical (unpaired) electrons. The Hall–Kier alpha value is -1.03. The predicted octanol–water partition coefficient (Wildman–Crippen LogP) is 2.70. The zero-order chi connectivity index (χ0) is 10.1. The summed E-state index contributed by atoms with van der Waals surface area (Å²) in [6.07, 6.45) is 2.90. The lowest BCUT2D eigenvalue weighted by Crippen LogP contribution is -1.91. The van der Waals surface area contributed by atoms with Crippen LogP contribution in [-0.4, -0.2) is 16.7 Å². The minimum Gasteiger partial charge on any atom is -0.385 e. The summed E-state index contributed by atoms with van der Waals surface area (Å²) < 4.78 is 2.97. The quantitative estimate of drug-likeness (QED) is 0.892. The first-order valence-corrected chi connectivity index (χ1v) is 5.40. The van der Waals surface area contributed by atoms with Crippen molar-refractivity contribution in [3.63, 3.8) is 0 Å². The summed E-state index contributed by atoms with van der Waals surface area (Å²) in [5, 5.41) is 7.67. The SMILES string of the molecule is CCc1nn2ccc(Br)cc2c1NC. The molecule has 0 aromatic carbocycles. The van der Waals surface area contributed by atoms with Gasteiger partial charge in [0.05, 0.1) is 16.9 Å². The highest BCUT2D eigenvalue weighted by Gasteiger charge is 2.09. The smallest absolute Gasteiger partial charge is 0.0907 e. The Kier molecular flexibility index (Phi) is 2.46. The highest BCUT2D eigenvalue weighted by Crippen LogP contribution is 2.24. The molecule has 4 heteroatoms. The van der Waals surface area contributed by atoms with Crippen LogP contribution in [0.1, 0.15) is 12.6 Å². The first-order valence-electron chi connectivity index (χ1n) is 4.60. The molecule has 0 saturated carbocycles. The van der Waals surface area contributed by atoms with E-state index in [9.17, 15) is 0 Å². The Morgan fingerprint density at radius 2 is 2.36 bits per heavy atom. The van der Waals surface area contributed by atoms with Crippen molar-refractivity contribution in [3.8, 4) is 0 Å². The van der Waals surface area contributed by atoms with Crippen molar-refractivity contribution >= 4 is 27.1 Å². The molecule has 0 bridgehead atoms. The maximum atomic E-state index is 4.48. The third kappa shape index (κ3) is 1.39. The zero-order valence-electron chi connectivity index (χ0n) is 8.21. The van der Waals surface area contributed by atoms with Gasteiger partial charge in [0.25, 0.3) is 0 Å². The van der Waals surface area contributed by atoms with E-state index >= 15 is 0 Å². The van der Waals surface area contributed by atoms with Crippen LogP contribution in [0.15, 0.2) is 22.8 Å². The van der Waals surface area contributed by atoms with Crippen LogP contribution >= 0.6 is 15.9 Å². The maximum Gasteiger partial charge on any atom is 0.0907 e. The van der Waals surface area contributed by atoms with Crippen molar-refractivity contribution in [2.24, 2.45) is 0 Å². The third-order valence-electron chi connectivity index (χ3n) is 2.25. The summed E-state index contributed by atoms with van der Waals surface area (Å²) in [7, 11) is 1.93. The second kappa shape index (κ2) is 3.61. The van der Waals surface area contributed by atoms with Crippen molar-refractivity contribution < 1.29 is 0 Å². The number of fused-ring (bicyclic) bond motifs is 1. The topological polar surface area (TPSA) is 29.3 Å². The van der Waals surface area contributed by atoms with Crippen molar-refractivity contribution in [1.82, 2.24) is 9.61 Å². The van der Waals surface area contributed by atoms with Crippen LogP contribution in [0.5, 0.6) is 0 Å². The number of rotatable bonds is 2. The monoisotopic (exact) mass is 253 g/mol. The largest absolute Gasteiger partial charge is 0.385 e. The van der Waals surface area contributed by atoms with Gasteiger partial charge in [-0.15, -0.1) is 0 Å². The summed E-state index contributed by atoms with van der Waals surface area (Å²) in [5.74, 6) is 0. The van der Waals surface area contributed by atoms with Crippen LogP contribution in [0.4, 0.5) is 5.69 Å². The number of nitrogens with zero attached hydrogens (tertiary/aromatic N) is 2. The molecule has 0 saturated heterocycles. The average Bonchev–Trinajstić information content (AvgIpc) is 2.54. The van der Waals surface area contributed by atoms with Gasteiger partial charge in [-0.2, -0.15) is 5.10 Å². The molecule has 0 fully saturated rings. The Morgan fingerprint density at radius 3 is 3.00 bits per heavy atom. The van der Waals surface area contributed by atoms with Gasteiger partial charge >= 0.3 is 0 Å². The molecule has 2 aromatic heterocycles. The number of hydrogen-bond donors (Lipinski definition) is 1. The molecule has 2 rings (SSSR count). The van der Waals surface area contributed by atoms with Crippen LogP contribution in [-0.2, 0) is 6.42 Å². The lowest BCUT2D eigenvalue weighted by atomic mass is 10.2. The molecule has 0 aliphatic carbocycles. The van der Waals surface area contributed by atoms with E-state index in [1.54, 1.807) is 0 Å². The van der Waals surface area contributed by atoms with Gasteiger partial charge in [0.1, 0.15) is 0 Å². The Balaban J connectivity index is 2.74. The number of nitrogens with one attached hydrogen (secondary N) is 1. The molecule has 74 valence electrons. The molecule has 0 unspecified atom stereocenters. The molecule has 3 nitrogen and oxygen atoms in total. The number of hydrogen-bond acceptors (Lipinski definition) is 2. The molecule has 0 aliphatic heterocycles. The molecule has 2 aromatic rings. The fraction of sp³-hybridized carbons (Fsp3) is 0.300. The van der Waals surface area contributed by atoms with E-state index in [0.717, 1.165) is 27.8 Å². The Bertz CT molecular complexity index is 462. The van der Waals surface area contributed by atoms with Crippen LogP contribution in [0.2, 0.25) is 0 Å². The van der Waals surface area contributed by atoms with Gasteiger partial charge in [0.2, 0.25) is 0 Å². The van der Waals surface area contributed by atoms with Crippen molar-refractivity contribution in [3.05, 3.63) is 28.5 Å². The zero-order valence-corrected chi connectivity index (χ0v) is 9.80. The number of aryl methyl sites for hydroxylation is 1. The van der Waals surface area contributed by atoms with E-state index in [2.05, 4.69) is 39.3 Å². The predicted molar refractivity (Wildman–Crippen MR) is 61.8 cm³/mol. The van der Waals surface area contributed by atoms with E-state index in [1.165, 1.54) is 0 Å². The van der Waals surface area contributed by atoms with Crippen molar-refractivity contribution in [1.29, 1.82) is 0 Å². The normalized spacial score (nSPS) is 10.8. The van der Waals surface area contributed by atoms with Crippen LogP contribution in [0, 0.1) is 0 Å². The molecular weight excluding hydrogens is 242 g/mol. The number of anilines is 1. The van der Waals surface area contributed by atoms with Gasteiger partial charge < -0.3 is 5.32 Å². The summed E-state index contributed by atoms with van der Waals surface area (Å²) in [6, 6.07) is 4.05. The molecule has 2 heterocycles. The molecule has 0 amide bonds. The summed E-state index contributed by atoms with van der Waals surface area (Å²) >= 11 is 3.46. The van der Waals surface area contributed by atoms with E-state index in [1.807, 2.05) is 23.8 Å². The second-order valence-corrected chi connectivity index (χ2v) is 4.02. The fourth-order valence-corrected chi connectivity index (χ4v) is 1.92. The minimum atomic E-state index is 0.940. The van der Waals surface area contributed by atoms with Gasteiger partial charge in [0, 0.05) is 17.7 Å². The van der Waals surface area contributed by atoms with Gasteiger partial charge in [-0.1, -0.05) is 22.9 Å². The summed E-state index contributed by atoms with van der Waals surface area (Å²) in [4.78, 5) is 0. The summed E-state index contributed by atoms with van der Waals surface area (Å²) in [6.45, 7) is 2.11. The van der Waals surface area contributed by atoms with Crippen LogP contribution in [0.25, 0.3) is 5.52 Å². The standard InChI is InChI=1S/C10H12BrN3/c1-3-8-10(12-2)9-6-7(11)4-5-14(9)13-8/h4-6,12H,3H2,1-2H3. The highest BCUT2D eigenvalue weighted by atomic mass is 79.9. The van der Waals surface area contributed by atoms with E-state index in [4.69, 9.17) is 0 Å². The van der Waals surface area contributed by atoms with E-state index in [-0.39, 0.29) is 0 Å². The Morgan fingerprint density at radius 1 is 1.57 bits per heavy atom. The lowest BCUT2D eigenvalue weighted by molar-refractivity contribution is 0.897. The lowest BCUT2D eigenvalue weighted by Gasteiger charge is -1.99. The van der Waals surface area contributed by atoms with Crippen LogP contribution in [0.3, 0.4) is 0 Å². The molecular formula is C10H12BrN3. The highest BCUT2D eigenvalue weighted by molar-refractivity contribution is 9.10. The van der Waals surface area contributed by atoms with Crippen molar-refractivity contribution in [2.75, 3.05) is 12.4 Å². The molecule has 0 spiro atoms. The minimum absolute atomic E-state index is 0.940. The third-order valence-corrected chi connectivity index (χ3v) is 2.75. The van der Waals surface area contributed by atoms with E-state index in [0.29, 0.717) is 0 Å². The van der Waals surface area contributed by atoms with Gasteiger partial charge in [0.15, 0.2) is 0 Å². The Labute approximate surface area is 91.2 Å². The molecule has 0 atom stereocenters. The van der Waals surface area contributed by atoms with Gasteiger partial charge in [-0.25, -0.2) is 4.52 Å².